The SMILES string of the molecule is c1ccc(-c2nc3c(-c4nc(-c5ccc6ccccc6c5)nc(-c5ccccc5-c5ccccc5)n4)c4c(cc3s2)oc2ccccc24)cc1. The average molecular weight is 659 g/mol. The third-order valence-corrected chi connectivity index (χ3v) is 10.2. The van der Waals surface area contributed by atoms with E-state index >= 15 is 0 Å². The van der Waals surface area contributed by atoms with Crippen molar-refractivity contribution in [3.05, 3.63) is 158 Å². The number of fused-ring (bicyclic) bond motifs is 5. The van der Waals surface area contributed by atoms with Crippen LogP contribution in [-0.4, -0.2) is 19.9 Å². The van der Waals surface area contributed by atoms with Crippen LogP contribution < -0.4 is 0 Å². The largest absolute Gasteiger partial charge is 0.456 e. The van der Waals surface area contributed by atoms with Crippen molar-refractivity contribution in [2.24, 2.45) is 0 Å². The summed E-state index contributed by atoms with van der Waals surface area (Å²) < 4.78 is 7.50. The molecule has 0 N–H and O–H groups in total. The van der Waals surface area contributed by atoms with Crippen molar-refractivity contribution in [1.82, 2.24) is 19.9 Å². The van der Waals surface area contributed by atoms with Crippen LogP contribution in [0, 0.1) is 0 Å². The number of rotatable bonds is 5. The van der Waals surface area contributed by atoms with Crippen molar-refractivity contribution in [2.75, 3.05) is 0 Å². The summed E-state index contributed by atoms with van der Waals surface area (Å²) in [5.74, 6) is 1.73. The maximum absolute atomic E-state index is 6.50. The first kappa shape index (κ1) is 28.5. The van der Waals surface area contributed by atoms with Crippen LogP contribution >= 0.6 is 11.3 Å². The van der Waals surface area contributed by atoms with Gasteiger partial charge < -0.3 is 4.42 Å². The van der Waals surface area contributed by atoms with Gasteiger partial charge in [0.2, 0.25) is 0 Å². The summed E-state index contributed by atoms with van der Waals surface area (Å²) in [5.41, 5.74) is 8.30. The molecule has 50 heavy (non-hydrogen) atoms. The predicted molar refractivity (Wildman–Crippen MR) is 205 cm³/mol. The van der Waals surface area contributed by atoms with Crippen molar-refractivity contribution >= 4 is 54.3 Å². The zero-order valence-electron chi connectivity index (χ0n) is 26.6. The lowest BCUT2D eigenvalue weighted by molar-refractivity contribution is 0.669. The quantitative estimate of drug-likeness (QED) is 0.184. The van der Waals surface area contributed by atoms with Crippen molar-refractivity contribution < 1.29 is 4.42 Å². The maximum atomic E-state index is 6.50. The summed E-state index contributed by atoms with van der Waals surface area (Å²) >= 11 is 1.64. The van der Waals surface area contributed by atoms with Crippen molar-refractivity contribution in [2.45, 2.75) is 0 Å². The van der Waals surface area contributed by atoms with Gasteiger partial charge in [-0.2, -0.15) is 0 Å². The minimum absolute atomic E-state index is 0.549. The van der Waals surface area contributed by atoms with Crippen LogP contribution in [0.5, 0.6) is 0 Å². The highest BCUT2D eigenvalue weighted by Crippen LogP contribution is 2.44. The van der Waals surface area contributed by atoms with Gasteiger partial charge in [-0.1, -0.05) is 140 Å². The molecule has 0 amide bonds. The van der Waals surface area contributed by atoms with E-state index in [-0.39, 0.29) is 0 Å². The van der Waals surface area contributed by atoms with Gasteiger partial charge in [0.25, 0.3) is 0 Å². The average Bonchev–Trinajstić information content (AvgIpc) is 3.78. The molecule has 0 saturated heterocycles. The van der Waals surface area contributed by atoms with Gasteiger partial charge in [0.05, 0.1) is 15.8 Å². The molecule has 0 bridgehead atoms. The van der Waals surface area contributed by atoms with Gasteiger partial charge in [-0.05, 0) is 34.0 Å². The molecule has 10 rings (SSSR count). The number of furan rings is 1. The lowest BCUT2D eigenvalue weighted by Crippen LogP contribution is -2.02. The fraction of sp³-hybridized carbons (Fsp3) is 0. The highest BCUT2D eigenvalue weighted by molar-refractivity contribution is 7.21. The van der Waals surface area contributed by atoms with Crippen molar-refractivity contribution in [3.63, 3.8) is 0 Å². The molecule has 0 fully saturated rings. The van der Waals surface area contributed by atoms with Gasteiger partial charge in [-0.15, -0.1) is 11.3 Å². The van der Waals surface area contributed by atoms with Gasteiger partial charge in [0.1, 0.15) is 16.2 Å². The van der Waals surface area contributed by atoms with Gasteiger partial charge in [0.15, 0.2) is 17.5 Å². The number of hydrogen-bond acceptors (Lipinski definition) is 6. The Kier molecular flexibility index (Phi) is 6.60. The van der Waals surface area contributed by atoms with E-state index in [0.29, 0.717) is 17.5 Å². The van der Waals surface area contributed by atoms with E-state index in [0.717, 1.165) is 81.3 Å². The summed E-state index contributed by atoms with van der Waals surface area (Å²) in [4.78, 5) is 21.1. The Morgan fingerprint density at radius 2 is 1.10 bits per heavy atom. The third kappa shape index (κ3) is 4.77. The molecule has 0 aliphatic heterocycles. The highest BCUT2D eigenvalue weighted by Gasteiger charge is 2.24. The number of nitrogens with zero attached hydrogens (tertiary/aromatic N) is 4. The van der Waals surface area contributed by atoms with Gasteiger partial charge in [-0.25, -0.2) is 19.9 Å². The first-order chi connectivity index (χ1) is 24.8. The second-order valence-electron chi connectivity index (χ2n) is 12.2. The van der Waals surface area contributed by atoms with Crippen LogP contribution in [0.1, 0.15) is 0 Å². The molecule has 7 aromatic carbocycles. The zero-order chi connectivity index (χ0) is 33.0. The Hall–Kier alpha value is -6.50. The standard InChI is InChI=1S/C44H26N4OS/c1-3-14-28(15-4-1)32-19-9-10-20-33(32)42-46-41(31-24-23-27-13-7-8-18-30(27)25-31)47-43(48-42)39-38-34-21-11-12-22-35(34)49-36(38)26-37-40(39)45-44(50-37)29-16-5-2-6-17-29/h1-26H. The molecule has 0 aliphatic rings. The second kappa shape index (κ2) is 11.6. The summed E-state index contributed by atoms with van der Waals surface area (Å²) in [6, 6.07) is 53.9. The first-order valence-corrected chi connectivity index (χ1v) is 17.3. The third-order valence-electron chi connectivity index (χ3n) is 9.17. The number of aromatic nitrogens is 4. The molecule has 3 aromatic heterocycles. The summed E-state index contributed by atoms with van der Waals surface area (Å²) in [6.45, 7) is 0. The summed E-state index contributed by atoms with van der Waals surface area (Å²) in [7, 11) is 0. The molecule has 0 unspecified atom stereocenters. The van der Waals surface area contributed by atoms with Crippen molar-refractivity contribution in [1.29, 1.82) is 0 Å². The smallest absolute Gasteiger partial charge is 0.167 e. The lowest BCUT2D eigenvalue weighted by Gasteiger charge is -2.13. The number of thiazole rings is 1. The molecule has 5 nitrogen and oxygen atoms in total. The van der Waals surface area contributed by atoms with Gasteiger partial charge in [0, 0.05) is 33.5 Å². The van der Waals surface area contributed by atoms with E-state index in [1.807, 2.05) is 48.5 Å². The maximum Gasteiger partial charge on any atom is 0.167 e. The Morgan fingerprint density at radius 3 is 1.94 bits per heavy atom. The molecule has 0 aliphatic carbocycles. The molecule has 3 heterocycles. The fourth-order valence-electron chi connectivity index (χ4n) is 6.81. The normalized spacial score (nSPS) is 11.6. The molecular weight excluding hydrogens is 633 g/mol. The van der Waals surface area contributed by atoms with E-state index < -0.39 is 0 Å². The van der Waals surface area contributed by atoms with Gasteiger partial charge in [-0.3, -0.25) is 0 Å². The monoisotopic (exact) mass is 658 g/mol. The van der Waals surface area contributed by atoms with Crippen LogP contribution in [0.2, 0.25) is 0 Å². The summed E-state index contributed by atoms with van der Waals surface area (Å²) in [5, 5.41) is 5.14. The molecule has 6 heteroatoms. The molecule has 0 spiro atoms. The number of hydrogen-bond donors (Lipinski definition) is 0. The number of benzene rings is 7. The van der Waals surface area contributed by atoms with Crippen molar-refractivity contribution in [3.8, 4) is 55.9 Å². The van der Waals surface area contributed by atoms with E-state index in [2.05, 4.69) is 109 Å². The molecule has 10 aromatic rings. The molecular formula is C44H26N4OS. The van der Waals surface area contributed by atoms with E-state index in [1.54, 1.807) is 11.3 Å². The van der Waals surface area contributed by atoms with E-state index in [1.165, 1.54) is 0 Å². The van der Waals surface area contributed by atoms with Crippen LogP contribution in [0.4, 0.5) is 0 Å². The van der Waals surface area contributed by atoms with Crippen LogP contribution in [-0.2, 0) is 0 Å². The number of para-hydroxylation sites is 1. The Labute approximate surface area is 291 Å². The minimum atomic E-state index is 0.549. The van der Waals surface area contributed by atoms with Crippen LogP contribution in [0.25, 0.3) is 98.8 Å². The lowest BCUT2D eigenvalue weighted by atomic mass is 9.99. The molecule has 0 radical (unpaired) electrons. The molecule has 0 saturated carbocycles. The summed E-state index contributed by atoms with van der Waals surface area (Å²) in [6.07, 6.45) is 0. The molecule has 234 valence electrons. The Balaban J connectivity index is 1.31. The minimum Gasteiger partial charge on any atom is -0.456 e. The Morgan fingerprint density at radius 1 is 0.440 bits per heavy atom. The first-order valence-electron chi connectivity index (χ1n) is 16.5. The predicted octanol–water partition coefficient (Wildman–Crippen LogP) is 11.9. The Bertz CT molecular complexity index is 2880. The van der Waals surface area contributed by atoms with E-state index in [4.69, 9.17) is 24.4 Å². The van der Waals surface area contributed by atoms with Gasteiger partial charge >= 0.3 is 0 Å². The topological polar surface area (TPSA) is 64.7 Å². The van der Waals surface area contributed by atoms with E-state index in [9.17, 15) is 0 Å². The molecule has 0 atom stereocenters. The van der Waals surface area contributed by atoms with Crippen LogP contribution in [0.3, 0.4) is 0 Å². The van der Waals surface area contributed by atoms with Crippen LogP contribution in [0.15, 0.2) is 162 Å². The zero-order valence-corrected chi connectivity index (χ0v) is 27.4. The fourth-order valence-corrected chi connectivity index (χ4v) is 7.81. The second-order valence-corrected chi connectivity index (χ2v) is 13.3. The highest BCUT2D eigenvalue weighted by atomic mass is 32.1.